The van der Waals surface area contributed by atoms with Gasteiger partial charge in [-0.15, -0.1) is 11.3 Å². The lowest BCUT2D eigenvalue weighted by Crippen LogP contribution is -2.42. The van der Waals surface area contributed by atoms with Crippen molar-refractivity contribution in [2.45, 2.75) is 45.2 Å². The predicted octanol–water partition coefficient (Wildman–Crippen LogP) is 3.71. The van der Waals surface area contributed by atoms with Gasteiger partial charge in [0.25, 0.3) is 5.91 Å². The number of thiazole rings is 1. The number of halogens is 1. The molecular formula is C16H16ClN3OS. The second-order valence-corrected chi connectivity index (χ2v) is 7.64. The molecule has 1 amide bonds. The number of hydrogen-bond donors (Lipinski definition) is 0. The molecule has 114 valence electrons. The third kappa shape index (κ3) is 2.07. The van der Waals surface area contributed by atoms with Crippen LogP contribution in [0.3, 0.4) is 0 Å². The summed E-state index contributed by atoms with van der Waals surface area (Å²) in [5.74, 6) is 0.112. The molecule has 4 heterocycles. The van der Waals surface area contributed by atoms with Crippen molar-refractivity contribution < 1.29 is 4.79 Å². The maximum atomic E-state index is 13.0. The molecule has 0 spiro atoms. The second kappa shape index (κ2) is 5.03. The third-order valence-electron chi connectivity index (χ3n) is 4.59. The fourth-order valence-electron chi connectivity index (χ4n) is 3.71. The van der Waals surface area contributed by atoms with Gasteiger partial charge in [-0.25, -0.2) is 4.98 Å². The summed E-state index contributed by atoms with van der Waals surface area (Å²) in [5, 5.41) is 1.58. The molecule has 22 heavy (non-hydrogen) atoms. The van der Waals surface area contributed by atoms with Crippen molar-refractivity contribution in [3.63, 3.8) is 0 Å². The molecule has 0 aromatic carbocycles. The van der Waals surface area contributed by atoms with Gasteiger partial charge in [0.1, 0.15) is 4.88 Å². The van der Waals surface area contributed by atoms with E-state index >= 15 is 0 Å². The van der Waals surface area contributed by atoms with E-state index < -0.39 is 0 Å². The van der Waals surface area contributed by atoms with Crippen LogP contribution in [0.4, 0.5) is 0 Å². The van der Waals surface area contributed by atoms with E-state index in [4.69, 9.17) is 11.6 Å². The molecule has 4 rings (SSSR count). The Morgan fingerprint density at radius 1 is 1.41 bits per heavy atom. The Morgan fingerprint density at radius 2 is 2.23 bits per heavy atom. The van der Waals surface area contributed by atoms with Crippen LogP contribution in [0.1, 0.15) is 50.5 Å². The zero-order valence-electron chi connectivity index (χ0n) is 12.5. The standard InChI is InChI=1S/C16H16ClN3OS/c1-8-15(22-9(2)19-8)16(21)20-11-3-4-14(20)12-5-10(17)7-18-13(12)6-11/h5,7,11,14H,3-4,6H2,1-2H3. The number of nitrogens with zero attached hydrogens (tertiary/aromatic N) is 3. The first-order valence-electron chi connectivity index (χ1n) is 7.45. The maximum absolute atomic E-state index is 13.0. The molecule has 2 aliphatic heterocycles. The largest absolute Gasteiger partial charge is 0.327 e. The first-order chi connectivity index (χ1) is 10.5. The van der Waals surface area contributed by atoms with Gasteiger partial charge in [-0.3, -0.25) is 9.78 Å². The highest BCUT2D eigenvalue weighted by molar-refractivity contribution is 7.13. The van der Waals surface area contributed by atoms with Crippen molar-refractivity contribution in [2.75, 3.05) is 0 Å². The minimum Gasteiger partial charge on any atom is -0.327 e. The van der Waals surface area contributed by atoms with E-state index in [1.165, 1.54) is 11.3 Å². The fraction of sp³-hybridized carbons (Fsp3) is 0.438. The molecule has 0 aliphatic carbocycles. The first kappa shape index (κ1) is 14.2. The molecule has 2 atom stereocenters. The van der Waals surface area contributed by atoms with Crippen LogP contribution < -0.4 is 0 Å². The molecule has 1 fully saturated rings. The lowest BCUT2D eigenvalue weighted by molar-refractivity contribution is 0.0648. The molecule has 2 unspecified atom stereocenters. The molecule has 6 heteroatoms. The first-order valence-corrected chi connectivity index (χ1v) is 8.65. The number of aryl methyl sites for hydroxylation is 2. The summed E-state index contributed by atoms with van der Waals surface area (Å²) in [5.41, 5.74) is 3.05. The van der Waals surface area contributed by atoms with E-state index in [1.807, 2.05) is 24.8 Å². The Labute approximate surface area is 138 Å². The molecule has 2 aromatic rings. The Bertz CT molecular complexity index is 773. The summed E-state index contributed by atoms with van der Waals surface area (Å²) in [6, 6.07) is 2.33. The summed E-state index contributed by atoms with van der Waals surface area (Å²) in [6.45, 7) is 3.85. The van der Waals surface area contributed by atoms with Gasteiger partial charge >= 0.3 is 0 Å². The number of amides is 1. The summed E-state index contributed by atoms with van der Waals surface area (Å²) in [6.07, 6.45) is 4.54. The number of fused-ring (bicyclic) bond motifs is 4. The highest BCUT2D eigenvalue weighted by Gasteiger charge is 2.44. The van der Waals surface area contributed by atoms with Gasteiger partial charge in [-0.2, -0.15) is 0 Å². The van der Waals surface area contributed by atoms with E-state index in [0.29, 0.717) is 5.02 Å². The molecule has 2 aliphatic rings. The lowest BCUT2D eigenvalue weighted by atomic mass is 9.97. The van der Waals surface area contributed by atoms with E-state index in [2.05, 4.69) is 9.97 Å². The van der Waals surface area contributed by atoms with Crippen molar-refractivity contribution >= 4 is 28.8 Å². The van der Waals surface area contributed by atoms with Crippen molar-refractivity contribution in [2.24, 2.45) is 0 Å². The predicted molar refractivity (Wildman–Crippen MR) is 86.5 cm³/mol. The second-order valence-electron chi connectivity index (χ2n) is 6.00. The van der Waals surface area contributed by atoms with Crippen LogP contribution in [0.2, 0.25) is 5.02 Å². The van der Waals surface area contributed by atoms with Crippen LogP contribution in [0.15, 0.2) is 12.3 Å². The molecule has 1 saturated heterocycles. The van der Waals surface area contributed by atoms with Gasteiger partial charge in [-0.1, -0.05) is 11.6 Å². The molecule has 2 aromatic heterocycles. The number of hydrogen-bond acceptors (Lipinski definition) is 4. The molecule has 2 bridgehead atoms. The van der Waals surface area contributed by atoms with Gasteiger partial charge in [0.15, 0.2) is 0 Å². The molecular weight excluding hydrogens is 318 g/mol. The van der Waals surface area contributed by atoms with Crippen molar-refractivity contribution in [1.29, 1.82) is 0 Å². The minimum atomic E-state index is 0.106. The van der Waals surface area contributed by atoms with Crippen LogP contribution in [0.5, 0.6) is 0 Å². The van der Waals surface area contributed by atoms with Gasteiger partial charge < -0.3 is 4.90 Å². The monoisotopic (exact) mass is 333 g/mol. The molecule has 4 nitrogen and oxygen atoms in total. The molecule has 0 radical (unpaired) electrons. The maximum Gasteiger partial charge on any atom is 0.266 e. The smallest absolute Gasteiger partial charge is 0.266 e. The summed E-state index contributed by atoms with van der Waals surface area (Å²) in [7, 11) is 0. The number of carbonyl (C=O) groups excluding carboxylic acids is 1. The van der Waals surface area contributed by atoms with E-state index in [0.717, 1.165) is 46.1 Å². The van der Waals surface area contributed by atoms with Gasteiger partial charge in [0, 0.05) is 24.4 Å². The number of pyridine rings is 1. The Kier molecular flexibility index (Phi) is 3.24. The summed E-state index contributed by atoms with van der Waals surface area (Å²) in [4.78, 5) is 24.7. The van der Waals surface area contributed by atoms with Crippen LogP contribution in [0.25, 0.3) is 0 Å². The minimum absolute atomic E-state index is 0.106. The highest BCUT2D eigenvalue weighted by Crippen LogP contribution is 2.44. The zero-order chi connectivity index (χ0) is 15.4. The quantitative estimate of drug-likeness (QED) is 0.799. The average Bonchev–Trinajstić information content (AvgIpc) is 2.98. The average molecular weight is 334 g/mol. The van der Waals surface area contributed by atoms with Gasteiger partial charge in [-0.05, 0) is 38.3 Å². The van der Waals surface area contributed by atoms with Crippen molar-refractivity contribution in [3.05, 3.63) is 44.1 Å². The Morgan fingerprint density at radius 3 is 2.95 bits per heavy atom. The number of carbonyl (C=O) groups is 1. The van der Waals surface area contributed by atoms with E-state index in [-0.39, 0.29) is 18.0 Å². The number of aromatic nitrogens is 2. The SMILES string of the molecule is Cc1nc(C)c(C(=O)N2C3CCC2c2cc(Cl)cnc2C3)s1. The van der Waals surface area contributed by atoms with Crippen molar-refractivity contribution in [3.8, 4) is 0 Å². The van der Waals surface area contributed by atoms with E-state index in [1.54, 1.807) is 6.20 Å². The Hall–Kier alpha value is -1.46. The zero-order valence-corrected chi connectivity index (χ0v) is 14.0. The van der Waals surface area contributed by atoms with Crippen molar-refractivity contribution in [1.82, 2.24) is 14.9 Å². The number of rotatable bonds is 1. The third-order valence-corrected chi connectivity index (χ3v) is 5.86. The summed E-state index contributed by atoms with van der Waals surface area (Å²) < 4.78 is 0. The molecule has 0 N–H and O–H groups in total. The van der Waals surface area contributed by atoms with Crippen LogP contribution in [-0.4, -0.2) is 26.8 Å². The normalized spacial score (nSPS) is 22.8. The van der Waals surface area contributed by atoms with Crippen LogP contribution >= 0.6 is 22.9 Å². The summed E-state index contributed by atoms with van der Waals surface area (Å²) >= 11 is 7.60. The Balaban J connectivity index is 1.75. The van der Waals surface area contributed by atoms with Gasteiger partial charge in [0.2, 0.25) is 0 Å². The highest BCUT2D eigenvalue weighted by atomic mass is 35.5. The molecule has 0 saturated carbocycles. The van der Waals surface area contributed by atoms with Crippen LogP contribution in [-0.2, 0) is 6.42 Å². The van der Waals surface area contributed by atoms with Crippen LogP contribution in [0, 0.1) is 13.8 Å². The van der Waals surface area contributed by atoms with Gasteiger partial charge in [0.05, 0.1) is 21.8 Å². The van der Waals surface area contributed by atoms with E-state index in [9.17, 15) is 4.79 Å². The topological polar surface area (TPSA) is 46.1 Å². The lowest BCUT2D eigenvalue weighted by Gasteiger charge is -2.35. The fourth-order valence-corrected chi connectivity index (χ4v) is 4.74.